The average Bonchev–Trinajstić information content (AvgIpc) is 2.33. The summed E-state index contributed by atoms with van der Waals surface area (Å²) < 4.78 is 0. The molecule has 0 atom stereocenters. The first kappa shape index (κ1) is 13.0. The molecule has 0 aliphatic rings. The second-order valence-electron chi connectivity index (χ2n) is 3.80. The Hall–Kier alpha value is -1.09. The third-order valence-corrected chi connectivity index (χ3v) is 2.65. The van der Waals surface area contributed by atoms with Gasteiger partial charge in [0.05, 0.1) is 0 Å². The summed E-state index contributed by atoms with van der Waals surface area (Å²) in [7, 11) is 0. The Bertz CT molecular complexity index is 298. The fourth-order valence-electron chi connectivity index (χ4n) is 1.42. The molecule has 2 N–H and O–H groups in total. The smallest absolute Gasteiger partial charge is 0.166 e. The summed E-state index contributed by atoms with van der Waals surface area (Å²) in [5.74, 6) is 0. The predicted molar refractivity (Wildman–Crippen MR) is 73.4 cm³/mol. The first-order chi connectivity index (χ1) is 7.83. The van der Waals surface area contributed by atoms with E-state index in [1.807, 2.05) is 18.2 Å². The van der Waals surface area contributed by atoms with E-state index in [2.05, 4.69) is 29.7 Å². The van der Waals surface area contributed by atoms with Crippen molar-refractivity contribution in [2.75, 3.05) is 6.54 Å². The molecule has 1 aromatic rings. The van der Waals surface area contributed by atoms with Crippen LogP contribution in [0.2, 0.25) is 0 Å². The van der Waals surface area contributed by atoms with Crippen LogP contribution in [0.15, 0.2) is 30.3 Å². The van der Waals surface area contributed by atoms with Gasteiger partial charge in [0.1, 0.15) is 0 Å². The molecule has 0 spiro atoms. The number of rotatable bonds is 6. The molecule has 0 aliphatic carbocycles. The van der Waals surface area contributed by atoms with Crippen LogP contribution in [0.25, 0.3) is 0 Å². The minimum Gasteiger partial charge on any atom is -0.363 e. The van der Waals surface area contributed by atoms with Crippen LogP contribution < -0.4 is 10.6 Å². The number of hydrogen-bond donors (Lipinski definition) is 2. The van der Waals surface area contributed by atoms with Crippen molar-refractivity contribution in [1.29, 1.82) is 0 Å². The topological polar surface area (TPSA) is 24.1 Å². The van der Waals surface area contributed by atoms with Gasteiger partial charge in [0.15, 0.2) is 5.11 Å². The fourth-order valence-corrected chi connectivity index (χ4v) is 1.59. The maximum Gasteiger partial charge on any atom is 0.166 e. The standard InChI is InChI=1S/C13H20N2S/c1-2-3-7-10-14-13(16)15-11-12-8-5-4-6-9-12/h4-6,8-9H,2-3,7,10-11H2,1H3,(H2,14,15,16). The Morgan fingerprint density at radius 3 is 2.56 bits per heavy atom. The van der Waals surface area contributed by atoms with E-state index in [9.17, 15) is 0 Å². The quantitative estimate of drug-likeness (QED) is 0.586. The molecule has 2 nitrogen and oxygen atoms in total. The summed E-state index contributed by atoms with van der Waals surface area (Å²) in [5.41, 5.74) is 1.25. The Morgan fingerprint density at radius 2 is 1.88 bits per heavy atom. The van der Waals surface area contributed by atoms with Crippen LogP contribution in [-0.2, 0) is 6.54 Å². The summed E-state index contributed by atoms with van der Waals surface area (Å²) >= 11 is 5.18. The van der Waals surface area contributed by atoms with Crippen molar-refractivity contribution in [3.05, 3.63) is 35.9 Å². The molecular formula is C13H20N2S. The van der Waals surface area contributed by atoms with E-state index < -0.39 is 0 Å². The van der Waals surface area contributed by atoms with Gasteiger partial charge in [-0.05, 0) is 24.2 Å². The van der Waals surface area contributed by atoms with Crippen LogP contribution in [0.5, 0.6) is 0 Å². The van der Waals surface area contributed by atoms with E-state index in [1.165, 1.54) is 24.8 Å². The van der Waals surface area contributed by atoms with Crippen LogP contribution in [0.1, 0.15) is 31.7 Å². The Labute approximate surface area is 103 Å². The summed E-state index contributed by atoms with van der Waals surface area (Å²) in [4.78, 5) is 0. The van der Waals surface area contributed by atoms with Crippen LogP contribution in [0.3, 0.4) is 0 Å². The third kappa shape index (κ3) is 5.71. The molecule has 0 aliphatic heterocycles. The zero-order valence-corrected chi connectivity index (χ0v) is 10.6. The van der Waals surface area contributed by atoms with Gasteiger partial charge in [-0.2, -0.15) is 0 Å². The van der Waals surface area contributed by atoms with Crippen LogP contribution >= 0.6 is 12.2 Å². The van der Waals surface area contributed by atoms with Gasteiger partial charge in [-0.25, -0.2) is 0 Å². The van der Waals surface area contributed by atoms with E-state index >= 15 is 0 Å². The predicted octanol–water partition coefficient (Wildman–Crippen LogP) is 2.84. The van der Waals surface area contributed by atoms with Crippen LogP contribution in [0, 0.1) is 0 Å². The highest BCUT2D eigenvalue weighted by Gasteiger charge is 1.95. The lowest BCUT2D eigenvalue weighted by atomic mass is 10.2. The van der Waals surface area contributed by atoms with Crippen molar-refractivity contribution in [1.82, 2.24) is 10.6 Å². The molecule has 16 heavy (non-hydrogen) atoms. The fraction of sp³-hybridized carbons (Fsp3) is 0.462. The van der Waals surface area contributed by atoms with Gasteiger partial charge in [-0.1, -0.05) is 50.1 Å². The van der Waals surface area contributed by atoms with Gasteiger partial charge in [0, 0.05) is 13.1 Å². The van der Waals surface area contributed by atoms with Crippen molar-refractivity contribution in [2.24, 2.45) is 0 Å². The number of hydrogen-bond acceptors (Lipinski definition) is 1. The van der Waals surface area contributed by atoms with E-state index in [-0.39, 0.29) is 0 Å². The molecule has 3 heteroatoms. The van der Waals surface area contributed by atoms with Crippen molar-refractivity contribution < 1.29 is 0 Å². The van der Waals surface area contributed by atoms with E-state index in [0.29, 0.717) is 0 Å². The number of benzene rings is 1. The minimum absolute atomic E-state index is 0.750. The number of nitrogens with one attached hydrogen (secondary N) is 2. The largest absolute Gasteiger partial charge is 0.363 e. The minimum atomic E-state index is 0.750. The van der Waals surface area contributed by atoms with Crippen molar-refractivity contribution in [3.63, 3.8) is 0 Å². The van der Waals surface area contributed by atoms with Gasteiger partial charge in [-0.15, -0.1) is 0 Å². The average molecular weight is 236 g/mol. The van der Waals surface area contributed by atoms with Gasteiger partial charge in [-0.3, -0.25) is 0 Å². The lowest BCUT2D eigenvalue weighted by Gasteiger charge is -2.10. The van der Waals surface area contributed by atoms with Crippen molar-refractivity contribution in [2.45, 2.75) is 32.7 Å². The lowest BCUT2D eigenvalue weighted by Crippen LogP contribution is -2.35. The molecular weight excluding hydrogens is 216 g/mol. The zero-order chi connectivity index (χ0) is 11.6. The second kappa shape index (κ2) is 8.11. The lowest BCUT2D eigenvalue weighted by molar-refractivity contribution is 0.688. The van der Waals surface area contributed by atoms with Gasteiger partial charge < -0.3 is 10.6 Å². The molecule has 0 heterocycles. The molecule has 0 unspecified atom stereocenters. The Morgan fingerprint density at radius 1 is 1.12 bits per heavy atom. The summed E-state index contributed by atoms with van der Waals surface area (Å²) in [5, 5.41) is 7.15. The molecule has 0 aromatic heterocycles. The van der Waals surface area contributed by atoms with E-state index in [1.54, 1.807) is 0 Å². The first-order valence-corrected chi connectivity index (χ1v) is 6.29. The van der Waals surface area contributed by atoms with Gasteiger partial charge >= 0.3 is 0 Å². The highest BCUT2D eigenvalue weighted by atomic mass is 32.1. The van der Waals surface area contributed by atoms with Crippen LogP contribution in [0.4, 0.5) is 0 Å². The molecule has 0 radical (unpaired) electrons. The monoisotopic (exact) mass is 236 g/mol. The van der Waals surface area contributed by atoms with Gasteiger partial charge in [0.2, 0.25) is 0 Å². The SMILES string of the molecule is CCCCCNC(=S)NCc1ccccc1. The van der Waals surface area contributed by atoms with Crippen molar-refractivity contribution >= 4 is 17.3 Å². The molecule has 88 valence electrons. The first-order valence-electron chi connectivity index (χ1n) is 5.88. The Kier molecular flexibility index (Phi) is 6.58. The van der Waals surface area contributed by atoms with Gasteiger partial charge in [0.25, 0.3) is 0 Å². The number of unbranched alkanes of at least 4 members (excludes halogenated alkanes) is 2. The van der Waals surface area contributed by atoms with E-state index in [0.717, 1.165) is 18.2 Å². The zero-order valence-electron chi connectivity index (χ0n) is 9.83. The normalized spacial score (nSPS) is 9.81. The highest BCUT2D eigenvalue weighted by Crippen LogP contribution is 1.97. The molecule has 0 saturated carbocycles. The summed E-state index contributed by atoms with van der Waals surface area (Å²) in [6, 6.07) is 10.3. The number of thiocarbonyl (C=S) groups is 1. The van der Waals surface area contributed by atoms with E-state index in [4.69, 9.17) is 12.2 Å². The molecule has 1 aromatic carbocycles. The molecule has 0 fully saturated rings. The maximum atomic E-state index is 5.18. The molecule has 1 rings (SSSR count). The summed E-state index contributed by atoms with van der Waals surface area (Å²) in [6.45, 7) is 3.96. The van der Waals surface area contributed by atoms with Crippen molar-refractivity contribution in [3.8, 4) is 0 Å². The molecule has 0 amide bonds. The second-order valence-corrected chi connectivity index (χ2v) is 4.21. The maximum absolute atomic E-state index is 5.18. The highest BCUT2D eigenvalue weighted by molar-refractivity contribution is 7.80. The van der Waals surface area contributed by atoms with Crippen LogP contribution in [-0.4, -0.2) is 11.7 Å². The molecule has 0 saturated heterocycles. The summed E-state index contributed by atoms with van der Waals surface area (Å²) in [6.07, 6.45) is 3.68. The third-order valence-electron chi connectivity index (χ3n) is 2.36. The molecule has 0 bridgehead atoms. The Balaban J connectivity index is 2.11.